The number of aromatic amines is 1. The number of aromatic carboxylic acids is 1. The number of piperazine rings is 2. The monoisotopic (exact) mass is 3120 g/mol. The van der Waals surface area contributed by atoms with Crippen molar-refractivity contribution in [2.24, 2.45) is 0 Å². The minimum absolute atomic E-state index is 0.271. The summed E-state index contributed by atoms with van der Waals surface area (Å²) < 4.78 is 19.5. The number of hydrogen-bond donors (Lipinski definition) is 2. The Morgan fingerprint density at radius 2 is 1.07 bits per heavy atom. The molecule has 0 unspecified atom stereocenters. The van der Waals surface area contributed by atoms with Gasteiger partial charge >= 0.3 is 221 Å². The first-order valence-electron chi connectivity index (χ1n) is 31.4. The topological polar surface area (TPSA) is 149 Å². The summed E-state index contributed by atoms with van der Waals surface area (Å²) in [5, 5.41) is 22.3. The van der Waals surface area contributed by atoms with Gasteiger partial charge in [0.05, 0.1) is 38.3 Å². The van der Waals surface area contributed by atoms with E-state index in [1.54, 1.807) is 6.20 Å². The van der Waals surface area contributed by atoms with Gasteiger partial charge in [0, 0.05) is 145 Å². The predicted octanol–water partition coefficient (Wildman–Crippen LogP) is 25.1. The molecule has 2 saturated carbocycles. The molecule has 8 aromatic rings. The maximum atomic E-state index is 13.0. The Labute approximate surface area is 704 Å². The third kappa shape index (κ3) is 20.6. The van der Waals surface area contributed by atoms with Crippen molar-refractivity contribution in [3.05, 3.63) is 139 Å². The number of H-pyrrole nitrogens is 1. The first-order valence-corrected chi connectivity index (χ1v) is 123. The Kier molecular flexibility index (Phi) is 34.7. The number of carbonyl (C=O) groups is 2. The Morgan fingerprint density at radius 3 is 1.48 bits per heavy atom. The Bertz CT molecular complexity index is 4010. The van der Waals surface area contributed by atoms with Gasteiger partial charge in [-0.05, 0) is 116 Å². The van der Waals surface area contributed by atoms with Crippen molar-refractivity contribution in [1.29, 1.82) is 0 Å². The molecule has 14 nitrogen and oxygen atoms in total. The number of anilines is 2. The first-order chi connectivity index (χ1) is 46.8. The van der Waals surface area contributed by atoms with Crippen molar-refractivity contribution >= 4 is 296 Å². The molecule has 6 heterocycles. The molecule has 544 valence electrons. The Morgan fingerprint density at radius 1 is 0.633 bits per heavy atom. The molecule has 0 atom stereocenters. The van der Waals surface area contributed by atoms with Crippen LogP contribution < -0.4 is 23.1 Å². The number of methoxy groups -OCH3 is 1. The largest absolute Gasteiger partial charge is 0.478 e. The van der Waals surface area contributed by atoms with Crippen LogP contribution in [0.4, 0.5) is 11.4 Å². The minimum atomic E-state index is -2.12. The third-order valence-electron chi connectivity index (χ3n) is 18.5. The van der Waals surface area contributed by atoms with E-state index in [-0.39, 0.29) is 45.4 Å². The van der Waals surface area contributed by atoms with E-state index in [4.69, 9.17) is 60.2 Å². The fraction of sp³-hybridized carbons (Fsp3) is 0.438. The SMILES string of the molecule is COC(=O)c1cn([Si](C(C)C)(C(C)C)C(C)C)c2cc(N3CCN(CCc4c(-c5c(Cl)cccc5Cl)noc4C4CC4)CC3)ccc12.I[I-]I(I)I(I)I(I)I(I)I(I)I(I)I.O=C(O)c1c[nH]c2cc(N3CCN(CCc4c(-c5c(Cl)cccc5Cl)noc4C4CC4)CC3)ccc12. The molecule has 12 rings (SSSR count). The molecule has 4 aromatic heterocycles. The smallest absolute Gasteiger partial charge is 0.337 e. The van der Waals surface area contributed by atoms with Gasteiger partial charge in [-0.2, -0.15) is 0 Å². The Hall–Kier alpha value is 5.17. The van der Waals surface area contributed by atoms with Gasteiger partial charge in [-0.3, -0.25) is 9.80 Å². The number of ether oxygens (including phenoxy) is 1. The normalized spacial score (nSPS) is 16.6. The Balaban J connectivity index is 0.000000180. The number of halogens is 19. The zero-order valence-corrected chi connectivity index (χ0v) is 90.5. The van der Waals surface area contributed by atoms with Crippen molar-refractivity contribution in [1.82, 2.24) is 29.3 Å². The minimum Gasteiger partial charge on any atom is -0.478 e. The summed E-state index contributed by atoms with van der Waals surface area (Å²) in [5.74, 6) is 1.69. The first kappa shape index (κ1) is 85.6. The maximum Gasteiger partial charge on any atom is 0.337 e. The number of carbonyl (C=O) groups excluding carboxylic acids is 1. The van der Waals surface area contributed by atoms with Gasteiger partial charge in [0.1, 0.15) is 22.9 Å². The van der Waals surface area contributed by atoms with Crippen LogP contribution in [0.5, 0.6) is 0 Å². The van der Waals surface area contributed by atoms with Gasteiger partial charge in [-0.1, -0.05) is 110 Å². The number of fused-ring (bicyclic) bond motifs is 2. The molecule has 0 spiro atoms. The van der Waals surface area contributed by atoms with Gasteiger partial charge < -0.3 is 37.9 Å². The standard InChI is InChI=1S/C37H48Cl2N4O3Si.C27H26Cl2N4O3.I15/c1-23(2)47(24(3)4,25(5)6)43-22-30(37(44)45-7)28-14-13-27(21-33(28)43)42-19-17-41(18-20-42)16-15-29-35(40-46-36(29)26-11-12-26)34-31(38)9-8-10-32(34)39;28-21-2-1-3-22(29)24(21)25-19(26(36-31-25)16-4-5-16)8-9-32-10-12-33(13-11-32)17-6-7-18-20(27(34)35)15-30-23(18)14-17;1-9-11(4)13(6)15(8)14(7)12(5)10(2)3/h8-10,13-14,21-26H,11-12,15-20H2,1-7H3;1-3,6-7,14-16,30H,4-5,8-13H2,(H,34,35);/q;;-1. The van der Waals surface area contributed by atoms with Crippen LogP contribution in [0.25, 0.3) is 44.3 Å². The van der Waals surface area contributed by atoms with Gasteiger partial charge in [0.15, 0.2) is 8.24 Å². The molecular formula is C64H74Cl4I15N8O6Si-. The van der Waals surface area contributed by atoms with Crippen LogP contribution in [0, 0.1) is 0 Å². The second-order valence-corrected chi connectivity index (χ2v) is 341. The van der Waals surface area contributed by atoms with Crippen LogP contribution in [0.15, 0.2) is 94.2 Å². The van der Waals surface area contributed by atoms with Crippen LogP contribution in [-0.4, -0.2) is 127 Å². The zero-order chi connectivity index (χ0) is 70.6. The number of carboxylic acid groups (broad SMARTS) is 1. The predicted molar refractivity (Wildman–Crippen MR) is 534 cm³/mol. The maximum absolute atomic E-state index is 13.0. The number of esters is 1. The van der Waals surface area contributed by atoms with Crippen molar-refractivity contribution in [2.75, 3.05) is 82.4 Å². The van der Waals surface area contributed by atoms with Crippen molar-refractivity contribution < 1.29 is 41.7 Å². The van der Waals surface area contributed by atoms with Gasteiger partial charge in [0.25, 0.3) is 0 Å². The van der Waals surface area contributed by atoms with Crippen LogP contribution >= 0.6 is 243 Å². The van der Waals surface area contributed by atoms with Crippen LogP contribution in [0.3, 0.4) is 0 Å². The molecule has 0 amide bonds. The number of hydrogen-bond acceptors (Lipinski definition) is 11. The summed E-state index contributed by atoms with van der Waals surface area (Å²) >= 11 is 50.5. The zero-order valence-electron chi connectivity index (χ0n) is 54.1. The summed E-state index contributed by atoms with van der Waals surface area (Å²) in [6.07, 6.45) is 9.88. The van der Waals surface area contributed by atoms with Crippen LogP contribution in [0.1, 0.15) is 122 Å². The summed E-state index contributed by atoms with van der Waals surface area (Å²) in [6, 6.07) is 23.7. The number of nitrogens with zero attached hydrogens (tertiary/aromatic N) is 7. The van der Waals surface area contributed by atoms with E-state index >= 15 is 0 Å². The molecule has 4 fully saturated rings. The average molecular weight is 3120 g/mol. The van der Waals surface area contributed by atoms with Crippen LogP contribution in [-0.2, 0) is 17.6 Å². The third-order valence-corrected chi connectivity index (χ3v) is 935. The van der Waals surface area contributed by atoms with E-state index in [9.17, 15) is 14.7 Å². The molecule has 2 aliphatic heterocycles. The molecule has 98 heavy (non-hydrogen) atoms. The summed E-state index contributed by atoms with van der Waals surface area (Å²) in [6.45, 7) is 23.4. The fourth-order valence-electron chi connectivity index (χ4n) is 13.8. The number of rotatable bonds is 24. The van der Waals surface area contributed by atoms with Crippen LogP contribution in [0.2, 0.25) is 36.7 Å². The second kappa shape index (κ2) is 39.8. The van der Waals surface area contributed by atoms with E-state index in [2.05, 4.69) is 254 Å². The van der Waals surface area contributed by atoms with Crippen molar-refractivity contribution in [3.8, 4) is 22.5 Å². The van der Waals surface area contributed by atoms with E-state index in [1.807, 2.05) is 54.6 Å². The van der Waals surface area contributed by atoms with E-state index in [0.29, 0.717) is 72.9 Å². The van der Waals surface area contributed by atoms with Gasteiger partial charge in [-0.15, -0.1) is 0 Å². The molecule has 34 heteroatoms. The van der Waals surface area contributed by atoms with E-state index in [1.165, 1.54) is 12.8 Å². The summed E-state index contributed by atoms with van der Waals surface area (Å²) in [4.78, 5) is 37.3. The fourth-order valence-corrected chi connectivity index (χ4v) is 1910. The summed E-state index contributed by atoms with van der Waals surface area (Å²) in [5.41, 5.74) is 12.1. The molecule has 0 bridgehead atoms. The molecule has 4 aromatic carbocycles. The molecule has 4 aliphatic rings. The van der Waals surface area contributed by atoms with Gasteiger partial charge in [0.2, 0.25) is 0 Å². The number of nitrogens with one attached hydrogen (secondary N) is 1. The average Bonchev–Trinajstić information content (AvgIpc) is 1.54. The van der Waals surface area contributed by atoms with Crippen molar-refractivity contribution in [2.45, 2.75) is 109 Å². The molecular weight excluding hydrogens is 3050 g/mol. The molecule has 2 aliphatic carbocycles. The molecule has 2 saturated heterocycles. The number of carboxylic acids is 1. The van der Waals surface area contributed by atoms with E-state index < -0.39 is 22.1 Å². The quantitative estimate of drug-likeness (QED) is 0.0337. The van der Waals surface area contributed by atoms with Gasteiger partial charge in [-0.25, -0.2) is 9.59 Å². The number of benzene rings is 4. The molecule has 0 radical (unpaired) electrons. The summed E-state index contributed by atoms with van der Waals surface area (Å²) in [7, 11) is -2.65. The van der Waals surface area contributed by atoms with Crippen molar-refractivity contribution in [3.63, 3.8) is 0 Å². The van der Waals surface area contributed by atoms with E-state index in [0.717, 1.165) is 177 Å². The number of aromatic nitrogens is 4. The second-order valence-electron chi connectivity index (χ2n) is 24.9. The molecule has 2 N–H and O–H groups in total.